The van der Waals surface area contributed by atoms with Crippen LogP contribution in [0.5, 0.6) is 0 Å². The smallest absolute Gasteiger partial charge is 0.229 e. The van der Waals surface area contributed by atoms with Crippen LogP contribution in [0.25, 0.3) is 10.5 Å². The molecule has 30 heavy (non-hydrogen) atoms. The van der Waals surface area contributed by atoms with Gasteiger partial charge in [0.05, 0.1) is 23.8 Å². The summed E-state index contributed by atoms with van der Waals surface area (Å²) in [6.07, 6.45) is 5.12. The lowest BCUT2D eigenvalue weighted by Crippen LogP contribution is -2.27. The van der Waals surface area contributed by atoms with Gasteiger partial charge in [-0.15, -0.1) is 16.4 Å². The Labute approximate surface area is 178 Å². The summed E-state index contributed by atoms with van der Waals surface area (Å²) < 4.78 is 3.51. The highest BCUT2D eigenvalue weighted by molar-refractivity contribution is 7.17. The molecular weight excluding hydrogens is 400 g/mol. The van der Waals surface area contributed by atoms with E-state index in [4.69, 9.17) is 0 Å². The fraction of sp³-hybridized carbons (Fsp3) is 0.333. The number of aromatic nitrogens is 5. The molecule has 156 valence electrons. The number of fused-ring (bicyclic) bond motifs is 1. The summed E-state index contributed by atoms with van der Waals surface area (Å²) in [7, 11) is 0. The molecule has 0 fully saturated rings. The molecule has 1 atom stereocenters. The van der Waals surface area contributed by atoms with Crippen LogP contribution in [0.1, 0.15) is 50.1 Å². The van der Waals surface area contributed by atoms with E-state index in [0.717, 1.165) is 27.5 Å². The van der Waals surface area contributed by atoms with Crippen molar-refractivity contribution < 1.29 is 9.90 Å². The van der Waals surface area contributed by atoms with Crippen LogP contribution in [-0.2, 0) is 11.2 Å². The van der Waals surface area contributed by atoms with Crippen LogP contribution in [0.2, 0.25) is 0 Å². The number of nitrogens with one attached hydrogen (secondary N) is 1. The number of imidazole rings is 1. The van der Waals surface area contributed by atoms with E-state index in [1.807, 2.05) is 49.4 Å². The highest BCUT2D eigenvalue weighted by Crippen LogP contribution is 2.31. The molecule has 1 unspecified atom stereocenters. The second-order valence-electron chi connectivity index (χ2n) is 8.11. The van der Waals surface area contributed by atoms with Crippen LogP contribution in [0, 0.1) is 5.41 Å². The number of rotatable bonds is 5. The van der Waals surface area contributed by atoms with E-state index in [-0.39, 0.29) is 5.91 Å². The van der Waals surface area contributed by atoms with E-state index in [1.54, 1.807) is 34.7 Å². The van der Waals surface area contributed by atoms with Gasteiger partial charge < -0.3 is 10.4 Å². The monoisotopic (exact) mass is 424 g/mol. The van der Waals surface area contributed by atoms with Gasteiger partial charge in [0, 0.05) is 16.0 Å². The van der Waals surface area contributed by atoms with E-state index >= 15 is 0 Å². The summed E-state index contributed by atoms with van der Waals surface area (Å²) in [4.78, 5) is 18.4. The number of benzene rings is 1. The van der Waals surface area contributed by atoms with Crippen molar-refractivity contribution in [2.75, 3.05) is 5.32 Å². The molecule has 0 radical (unpaired) electrons. The number of aliphatic hydroxyl groups is 1. The van der Waals surface area contributed by atoms with Crippen molar-refractivity contribution in [3.05, 3.63) is 59.3 Å². The summed E-state index contributed by atoms with van der Waals surface area (Å²) in [6.45, 7) is 7.67. The molecule has 2 N–H and O–H groups in total. The molecule has 3 heterocycles. The van der Waals surface area contributed by atoms with Crippen LogP contribution < -0.4 is 5.32 Å². The van der Waals surface area contributed by atoms with Gasteiger partial charge in [-0.05, 0) is 30.7 Å². The Balaban J connectivity index is 1.56. The minimum atomic E-state index is -0.901. The second-order valence-corrected chi connectivity index (χ2v) is 9.22. The highest BCUT2D eigenvalue weighted by Gasteiger charge is 2.23. The first kappa shape index (κ1) is 20.2. The number of hydrogen-bond donors (Lipinski definition) is 2. The Morgan fingerprint density at radius 1 is 1.27 bits per heavy atom. The van der Waals surface area contributed by atoms with Crippen molar-refractivity contribution in [1.29, 1.82) is 0 Å². The number of aryl methyl sites for hydroxylation is 1. The lowest BCUT2D eigenvalue weighted by Gasteiger charge is -2.17. The molecule has 4 rings (SSSR count). The van der Waals surface area contributed by atoms with Gasteiger partial charge in [0.15, 0.2) is 0 Å². The van der Waals surface area contributed by atoms with Crippen LogP contribution in [0.4, 0.5) is 5.69 Å². The zero-order valence-corrected chi connectivity index (χ0v) is 18.1. The lowest BCUT2D eigenvalue weighted by molar-refractivity contribution is -0.123. The van der Waals surface area contributed by atoms with E-state index in [2.05, 4.69) is 27.5 Å². The van der Waals surface area contributed by atoms with Gasteiger partial charge in [-0.3, -0.25) is 9.20 Å². The Morgan fingerprint density at radius 2 is 2.00 bits per heavy atom. The van der Waals surface area contributed by atoms with Crippen molar-refractivity contribution in [2.45, 2.75) is 40.2 Å². The van der Waals surface area contributed by atoms with Gasteiger partial charge in [-0.2, -0.15) is 0 Å². The number of hydrogen-bond acceptors (Lipinski definition) is 6. The number of nitrogens with zero attached hydrogens (tertiary/aromatic N) is 5. The quantitative estimate of drug-likeness (QED) is 0.510. The Hall–Kier alpha value is -3.04. The van der Waals surface area contributed by atoms with E-state index in [1.165, 1.54) is 0 Å². The predicted octanol–water partition coefficient (Wildman–Crippen LogP) is 3.61. The third kappa shape index (κ3) is 3.73. The summed E-state index contributed by atoms with van der Waals surface area (Å²) in [5.41, 5.74) is 2.27. The van der Waals surface area contributed by atoms with Crippen LogP contribution in [-0.4, -0.2) is 35.4 Å². The fourth-order valence-electron chi connectivity index (χ4n) is 3.07. The van der Waals surface area contributed by atoms with Crippen LogP contribution >= 0.6 is 11.3 Å². The predicted molar refractivity (Wildman–Crippen MR) is 116 cm³/mol. The number of carbonyl (C=O) groups excluding carboxylic acids is 1. The molecular formula is C21H24N6O2S. The largest absolute Gasteiger partial charge is 0.380 e. The summed E-state index contributed by atoms with van der Waals surface area (Å²) in [5, 5.41) is 22.2. The molecule has 0 bridgehead atoms. The fourth-order valence-corrected chi connectivity index (χ4v) is 4.14. The standard InChI is InChI=1S/C21H24N6O2S/c1-5-16-18(26-12-22-10-17(26)30-16)19(28)15-11-27(25-24-15)14-8-6-13(7-9-14)23-20(29)21(2,3)4/h6-12,19,28H,5H2,1-4H3,(H,23,29). The maximum atomic E-state index is 12.1. The average Bonchev–Trinajstić information content (AvgIpc) is 3.42. The van der Waals surface area contributed by atoms with Crippen molar-refractivity contribution in [3.63, 3.8) is 0 Å². The van der Waals surface area contributed by atoms with E-state index in [9.17, 15) is 9.90 Å². The molecule has 4 aromatic rings. The van der Waals surface area contributed by atoms with Crippen molar-refractivity contribution in [1.82, 2.24) is 24.4 Å². The number of thiazole rings is 1. The summed E-state index contributed by atoms with van der Waals surface area (Å²) in [6, 6.07) is 7.33. The minimum absolute atomic E-state index is 0.0466. The molecule has 0 aliphatic carbocycles. The first-order chi connectivity index (χ1) is 14.3. The summed E-state index contributed by atoms with van der Waals surface area (Å²) >= 11 is 1.62. The van der Waals surface area contributed by atoms with E-state index in [0.29, 0.717) is 11.4 Å². The Morgan fingerprint density at radius 3 is 2.67 bits per heavy atom. The Kier molecular flexibility index (Phi) is 5.17. The molecule has 0 aliphatic heterocycles. The maximum absolute atomic E-state index is 12.1. The van der Waals surface area contributed by atoms with E-state index < -0.39 is 11.5 Å². The third-order valence-electron chi connectivity index (χ3n) is 4.82. The van der Waals surface area contributed by atoms with Gasteiger partial charge in [0.2, 0.25) is 5.91 Å². The average molecular weight is 425 g/mol. The maximum Gasteiger partial charge on any atom is 0.229 e. The van der Waals surface area contributed by atoms with Crippen molar-refractivity contribution in [3.8, 4) is 5.69 Å². The normalized spacial score (nSPS) is 13.0. The topological polar surface area (TPSA) is 97.3 Å². The number of aliphatic hydroxyl groups excluding tert-OH is 1. The molecule has 1 amide bonds. The second kappa shape index (κ2) is 7.66. The molecule has 9 heteroatoms. The molecule has 0 saturated carbocycles. The molecule has 8 nitrogen and oxygen atoms in total. The molecule has 3 aromatic heterocycles. The lowest BCUT2D eigenvalue weighted by atomic mass is 9.95. The molecule has 0 spiro atoms. The first-order valence-electron chi connectivity index (χ1n) is 9.73. The van der Waals surface area contributed by atoms with Gasteiger partial charge in [0.25, 0.3) is 0 Å². The van der Waals surface area contributed by atoms with Crippen LogP contribution in [0.15, 0.2) is 43.0 Å². The Bertz CT molecular complexity index is 1180. The van der Waals surface area contributed by atoms with Gasteiger partial charge in [-0.1, -0.05) is 32.9 Å². The highest BCUT2D eigenvalue weighted by atomic mass is 32.1. The minimum Gasteiger partial charge on any atom is -0.380 e. The van der Waals surface area contributed by atoms with Crippen molar-refractivity contribution in [2.24, 2.45) is 5.41 Å². The zero-order valence-electron chi connectivity index (χ0n) is 17.3. The number of anilines is 1. The first-order valence-corrected chi connectivity index (χ1v) is 10.6. The van der Waals surface area contributed by atoms with Gasteiger partial charge in [0.1, 0.15) is 23.0 Å². The van der Waals surface area contributed by atoms with Gasteiger partial charge >= 0.3 is 0 Å². The SMILES string of the molecule is CCc1sc2cncn2c1C(O)c1cn(-c2ccc(NC(=O)C(C)(C)C)cc2)nn1. The van der Waals surface area contributed by atoms with Crippen molar-refractivity contribution >= 4 is 27.8 Å². The zero-order chi connectivity index (χ0) is 21.5. The number of carbonyl (C=O) groups is 1. The molecule has 0 saturated heterocycles. The van der Waals surface area contributed by atoms with Gasteiger partial charge in [-0.25, -0.2) is 9.67 Å². The molecule has 1 aromatic carbocycles. The number of amides is 1. The summed E-state index contributed by atoms with van der Waals surface area (Å²) in [5.74, 6) is -0.0466. The third-order valence-corrected chi connectivity index (χ3v) is 6.08. The van der Waals surface area contributed by atoms with Crippen LogP contribution in [0.3, 0.4) is 0 Å². The molecule has 0 aliphatic rings.